The van der Waals surface area contributed by atoms with Crippen LogP contribution in [0.3, 0.4) is 0 Å². The van der Waals surface area contributed by atoms with E-state index in [0.29, 0.717) is 11.0 Å². The molecule has 0 aliphatic carbocycles. The van der Waals surface area contributed by atoms with Gasteiger partial charge in [0, 0.05) is 13.0 Å². The first kappa shape index (κ1) is 19.6. The number of fused-ring (bicyclic) bond motifs is 1. The van der Waals surface area contributed by atoms with Gasteiger partial charge in [-0.15, -0.1) is 0 Å². The Bertz CT molecular complexity index is 1230. The zero-order chi connectivity index (χ0) is 21.1. The molecular weight excluding hydrogens is 378 g/mol. The Labute approximate surface area is 174 Å². The topological polar surface area (TPSA) is 81.8 Å². The van der Waals surface area contributed by atoms with Gasteiger partial charge in [-0.05, 0) is 31.5 Å². The molecule has 2 aromatic heterocycles. The number of nitrogens with zero attached hydrogens (tertiary/aromatic N) is 4. The molecule has 2 aromatic carbocycles. The summed E-state index contributed by atoms with van der Waals surface area (Å²) in [6, 6.07) is 17.5. The molecule has 0 bridgehead atoms. The van der Waals surface area contributed by atoms with E-state index in [1.54, 1.807) is 4.68 Å². The van der Waals surface area contributed by atoms with Gasteiger partial charge in [-0.25, -0.2) is 9.67 Å². The number of rotatable bonds is 6. The Hall–Kier alpha value is -3.74. The highest BCUT2D eigenvalue weighted by Crippen LogP contribution is 2.14. The standard InChI is InChI=1S/C23H23N5O2/c1-16-8-10-19(11-9-16)28-22-20(14-25-28)23(30)27(15-24-22)13-12-21(29)26-17(2)18-6-4-3-5-7-18/h3-11,14-15,17H,12-13H2,1-2H3,(H,26,29). The second-order valence-corrected chi connectivity index (χ2v) is 7.32. The zero-order valence-corrected chi connectivity index (χ0v) is 16.9. The predicted molar refractivity (Wildman–Crippen MR) is 115 cm³/mol. The Morgan fingerprint density at radius 2 is 1.83 bits per heavy atom. The van der Waals surface area contributed by atoms with Gasteiger partial charge in [-0.3, -0.25) is 14.2 Å². The lowest BCUT2D eigenvalue weighted by Gasteiger charge is -2.14. The van der Waals surface area contributed by atoms with Gasteiger partial charge in [0.25, 0.3) is 5.56 Å². The molecule has 4 aromatic rings. The van der Waals surface area contributed by atoms with Crippen molar-refractivity contribution in [1.29, 1.82) is 0 Å². The summed E-state index contributed by atoms with van der Waals surface area (Å²) >= 11 is 0. The van der Waals surface area contributed by atoms with Gasteiger partial charge in [0.15, 0.2) is 5.65 Å². The number of amides is 1. The van der Waals surface area contributed by atoms with Gasteiger partial charge < -0.3 is 5.32 Å². The highest BCUT2D eigenvalue weighted by molar-refractivity contribution is 5.77. The van der Waals surface area contributed by atoms with E-state index in [0.717, 1.165) is 16.8 Å². The number of aryl methyl sites for hydroxylation is 2. The normalized spacial score (nSPS) is 12.1. The average Bonchev–Trinajstić information content (AvgIpc) is 3.19. The Morgan fingerprint density at radius 1 is 1.10 bits per heavy atom. The Balaban J connectivity index is 1.47. The van der Waals surface area contributed by atoms with E-state index in [-0.39, 0.29) is 30.5 Å². The number of hydrogen-bond donors (Lipinski definition) is 1. The summed E-state index contributed by atoms with van der Waals surface area (Å²) in [6.07, 6.45) is 3.19. The fourth-order valence-corrected chi connectivity index (χ4v) is 3.34. The minimum Gasteiger partial charge on any atom is -0.350 e. The lowest BCUT2D eigenvalue weighted by Crippen LogP contribution is -2.29. The number of aromatic nitrogens is 4. The van der Waals surface area contributed by atoms with E-state index < -0.39 is 0 Å². The summed E-state index contributed by atoms with van der Waals surface area (Å²) in [6.45, 7) is 4.20. The molecule has 0 fully saturated rings. The SMILES string of the molecule is Cc1ccc(-n2ncc3c(=O)n(CCC(=O)NC(C)c4ccccc4)cnc32)cc1. The van der Waals surface area contributed by atoms with Crippen LogP contribution in [0.4, 0.5) is 0 Å². The smallest absolute Gasteiger partial charge is 0.264 e. The molecule has 0 aliphatic rings. The number of nitrogens with one attached hydrogen (secondary N) is 1. The molecule has 7 heteroatoms. The van der Waals surface area contributed by atoms with Crippen molar-refractivity contribution in [2.24, 2.45) is 0 Å². The van der Waals surface area contributed by atoms with Crippen molar-refractivity contribution in [3.8, 4) is 5.69 Å². The van der Waals surface area contributed by atoms with Crippen molar-refractivity contribution in [2.45, 2.75) is 32.9 Å². The number of benzene rings is 2. The first-order valence-electron chi connectivity index (χ1n) is 9.87. The highest BCUT2D eigenvalue weighted by Gasteiger charge is 2.13. The maximum atomic E-state index is 12.8. The molecule has 1 amide bonds. The van der Waals surface area contributed by atoms with Gasteiger partial charge in [-0.1, -0.05) is 48.0 Å². The molecular formula is C23H23N5O2. The molecule has 30 heavy (non-hydrogen) atoms. The van der Waals surface area contributed by atoms with Crippen LogP contribution >= 0.6 is 0 Å². The van der Waals surface area contributed by atoms with Crippen molar-refractivity contribution >= 4 is 16.9 Å². The van der Waals surface area contributed by atoms with Crippen LogP contribution in [0.1, 0.15) is 30.5 Å². The molecule has 0 saturated heterocycles. The van der Waals surface area contributed by atoms with Crippen LogP contribution in [0, 0.1) is 6.92 Å². The second-order valence-electron chi connectivity index (χ2n) is 7.32. The third kappa shape index (κ3) is 4.00. The summed E-state index contributed by atoms with van der Waals surface area (Å²) in [7, 11) is 0. The summed E-state index contributed by atoms with van der Waals surface area (Å²) in [4.78, 5) is 29.6. The first-order chi connectivity index (χ1) is 14.5. The van der Waals surface area contributed by atoms with Gasteiger partial charge >= 0.3 is 0 Å². The number of carbonyl (C=O) groups is 1. The van der Waals surface area contributed by atoms with Crippen LogP contribution in [0.15, 0.2) is 71.9 Å². The summed E-state index contributed by atoms with van der Waals surface area (Å²) in [5.74, 6) is -0.117. The van der Waals surface area contributed by atoms with E-state index in [9.17, 15) is 9.59 Å². The highest BCUT2D eigenvalue weighted by atomic mass is 16.2. The van der Waals surface area contributed by atoms with E-state index in [4.69, 9.17) is 0 Å². The van der Waals surface area contributed by atoms with Gasteiger partial charge in [0.1, 0.15) is 5.39 Å². The van der Waals surface area contributed by atoms with Crippen molar-refractivity contribution in [2.75, 3.05) is 0 Å². The fraction of sp³-hybridized carbons (Fsp3) is 0.217. The van der Waals surface area contributed by atoms with Crippen LogP contribution < -0.4 is 10.9 Å². The van der Waals surface area contributed by atoms with Gasteiger partial charge in [0.2, 0.25) is 5.91 Å². The van der Waals surface area contributed by atoms with Crippen LogP contribution in [-0.4, -0.2) is 25.2 Å². The maximum absolute atomic E-state index is 12.8. The Kier molecular flexibility index (Phi) is 5.43. The monoisotopic (exact) mass is 401 g/mol. The predicted octanol–water partition coefficient (Wildman–Crippen LogP) is 3.16. The summed E-state index contributed by atoms with van der Waals surface area (Å²) in [5.41, 5.74) is 3.32. The molecule has 1 unspecified atom stereocenters. The van der Waals surface area contributed by atoms with Crippen molar-refractivity contribution in [3.63, 3.8) is 0 Å². The van der Waals surface area contributed by atoms with E-state index >= 15 is 0 Å². The van der Waals surface area contributed by atoms with Crippen LogP contribution in [0.2, 0.25) is 0 Å². The molecule has 4 rings (SSSR count). The minimum absolute atomic E-state index is 0.0937. The van der Waals surface area contributed by atoms with Crippen LogP contribution in [-0.2, 0) is 11.3 Å². The summed E-state index contributed by atoms with van der Waals surface area (Å²) < 4.78 is 3.10. The zero-order valence-electron chi connectivity index (χ0n) is 16.9. The second kappa shape index (κ2) is 8.32. The third-order valence-corrected chi connectivity index (χ3v) is 5.09. The van der Waals surface area contributed by atoms with Crippen molar-refractivity contribution < 1.29 is 4.79 Å². The number of hydrogen-bond acceptors (Lipinski definition) is 4. The quantitative estimate of drug-likeness (QED) is 0.538. The van der Waals surface area contributed by atoms with E-state index in [2.05, 4.69) is 15.4 Å². The molecule has 0 radical (unpaired) electrons. The largest absolute Gasteiger partial charge is 0.350 e. The molecule has 1 atom stereocenters. The van der Waals surface area contributed by atoms with Gasteiger partial charge in [-0.2, -0.15) is 5.10 Å². The third-order valence-electron chi connectivity index (χ3n) is 5.09. The maximum Gasteiger partial charge on any atom is 0.264 e. The molecule has 0 aliphatic heterocycles. The van der Waals surface area contributed by atoms with E-state index in [1.807, 2.05) is 68.4 Å². The minimum atomic E-state index is -0.206. The van der Waals surface area contributed by atoms with Crippen LogP contribution in [0.5, 0.6) is 0 Å². The summed E-state index contributed by atoms with van der Waals surface area (Å²) in [5, 5.41) is 7.72. The average molecular weight is 401 g/mol. The van der Waals surface area contributed by atoms with Crippen molar-refractivity contribution in [1.82, 2.24) is 24.6 Å². The molecule has 0 spiro atoms. The molecule has 2 heterocycles. The number of carbonyl (C=O) groups excluding carboxylic acids is 1. The Morgan fingerprint density at radius 3 is 2.57 bits per heavy atom. The molecule has 1 N–H and O–H groups in total. The lowest BCUT2D eigenvalue weighted by atomic mass is 10.1. The molecule has 152 valence electrons. The van der Waals surface area contributed by atoms with E-state index in [1.165, 1.54) is 17.1 Å². The van der Waals surface area contributed by atoms with Crippen molar-refractivity contribution in [3.05, 3.63) is 88.6 Å². The lowest BCUT2D eigenvalue weighted by molar-refractivity contribution is -0.121. The first-order valence-corrected chi connectivity index (χ1v) is 9.87. The van der Waals surface area contributed by atoms with Gasteiger partial charge in [0.05, 0.1) is 24.3 Å². The fourth-order valence-electron chi connectivity index (χ4n) is 3.34. The van der Waals surface area contributed by atoms with Crippen LogP contribution in [0.25, 0.3) is 16.7 Å². The molecule has 7 nitrogen and oxygen atoms in total. The molecule has 0 saturated carbocycles.